The van der Waals surface area contributed by atoms with Gasteiger partial charge in [-0.25, -0.2) is 0 Å². The highest BCUT2D eigenvalue weighted by Gasteiger charge is 2.19. The van der Waals surface area contributed by atoms with Crippen LogP contribution in [0.4, 0.5) is 5.69 Å². The van der Waals surface area contributed by atoms with E-state index in [2.05, 4.69) is 15.9 Å². The van der Waals surface area contributed by atoms with Crippen molar-refractivity contribution in [3.8, 4) is 0 Å². The van der Waals surface area contributed by atoms with Crippen LogP contribution in [0.3, 0.4) is 0 Å². The number of para-hydroxylation sites is 1. The largest absolute Gasteiger partial charge is 0.468 e. The average Bonchev–Trinajstić information content (AvgIpc) is 2.76. The molecule has 0 aliphatic heterocycles. The Balaban J connectivity index is 2.25. The molecule has 94 valence electrons. The number of nitro benzene ring substituents is 1. The number of alkyl halides is 1. The molecule has 0 aliphatic carbocycles. The van der Waals surface area contributed by atoms with Crippen LogP contribution in [0.1, 0.15) is 21.7 Å². The van der Waals surface area contributed by atoms with E-state index in [1.54, 1.807) is 24.5 Å². The Hall–Kier alpha value is -1.62. The minimum atomic E-state index is -0.357. The molecule has 1 heterocycles. The molecular formula is C13H12BrNO3. The zero-order chi connectivity index (χ0) is 13.1. The molecule has 0 amide bonds. The maximum atomic E-state index is 10.9. The van der Waals surface area contributed by atoms with Crippen LogP contribution in [0, 0.1) is 17.0 Å². The number of hydrogen-bond acceptors (Lipinski definition) is 3. The maximum Gasteiger partial charge on any atom is 0.272 e. The molecule has 0 aliphatic rings. The molecule has 0 saturated carbocycles. The highest BCUT2D eigenvalue weighted by atomic mass is 79.9. The summed E-state index contributed by atoms with van der Waals surface area (Å²) in [6.45, 7) is 1.95. The van der Waals surface area contributed by atoms with Crippen LogP contribution in [0.25, 0.3) is 0 Å². The van der Waals surface area contributed by atoms with E-state index in [1.165, 1.54) is 6.07 Å². The zero-order valence-electron chi connectivity index (χ0n) is 9.80. The van der Waals surface area contributed by atoms with E-state index in [0.29, 0.717) is 12.0 Å². The topological polar surface area (TPSA) is 56.3 Å². The van der Waals surface area contributed by atoms with E-state index in [0.717, 1.165) is 11.3 Å². The summed E-state index contributed by atoms with van der Waals surface area (Å²) >= 11 is 3.52. The molecule has 2 aromatic rings. The van der Waals surface area contributed by atoms with Gasteiger partial charge in [0.15, 0.2) is 0 Å². The van der Waals surface area contributed by atoms with Gasteiger partial charge in [-0.15, -0.1) is 0 Å². The highest BCUT2D eigenvalue weighted by molar-refractivity contribution is 9.09. The van der Waals surface area contributed by atoms with Crippen molar-refractivity contribution in [2.45, 2.75) is 18.2 Å². The van der Waals surface area contributed by atoms with Crippen molar-refractivity contribution in [2.75, 3.05) is 0 Å². The van der Waals surface area contributed by atoms with Gasteiger partial charge in [-0.1, -0.05) is 34.1 Å². The minimum absolute atomic E-state index is 0.0615. The number of aryl methyl sites for hydroxylation is 1. The predicted octanol–water partition coefficient (Wildman–Crippen LogP) is 4.17. The Morgan fingerprint density at radius 2 is 2.11 bits per heavy atom. The summed E-state index contributed by atoms with van der Waals surface area (Å²) < 4.78 is 5.38. The van der Waals surface area contributed by atoms with Crippen molar-refractivity contribution in [1.82, 2.24) is 0 Å². The second-order valence-corrected chi connectivity index (χ2v) is 5.13. The molecule has 1 unspecified atom stereocenters. The number of nitro groups is 1. The summed E-state index contributed by atoms with van der Waals surface area (Å²) in [5.41, 5.74) is 1.88. The summed E-state index contributed by atoms with van der Waals surface area (Å²) in [7, 11) is 0. The molecule has 1 atom stereocenters. The lowest BCUT2D eigenvalue weighted by atomic mass is 10.1. The van der Waals surface area contributed by atoms with E-state index in [-0.39, 0.29) is 15.4 Å². The standard InChI is InChI=1S/C13H12BrNO3/c1-9-6-7-18-13(9)11(14)8-10-4-2-3-5-12(10)15(16)17/h2-7,11H,8H2,1H3. The van der Waals surface area contributed by atoms with Gasteiger partial charge < -0.3 is 4.42 Å². The molecule has 2 rings (SSSR count). The third-order valence-corrected chi connectivity index (χ3v) is 3.51. The van der Waals surface area contributed by atoms with Gasteiger partial charge in [-0.3, -0.25) is 10.1 Å². The quantitative estimate of drug-likeness (QED) is 0.484. The van der Waals surface area contributed by atoms with Crippen LogP contribution < -0.4 is 0 Å². The van der Waals surface area contributed by atoms with Crippen molar-refractivity contribution >= 4 is 21.6 Å². The Morgan fingerprint density at radius 3 is 2.72 bits per heavy atom. The second-order valence-electron chi connectivity index (χ2n) is 4.03. The fourth-order valence-electron chi connectivity index (χ4n) is 1.85. The van der Waals surface area contributed by atoms with Gasteiger partial charge in [0.05, 0.1) is 16.0 Å². The van der Waals surface area contributed by atoms with Crippen molar-refractivity contribution in [2.24, 2.45) is 0 Å². The lowest BCUT2D eigenvalue weighted by Crippen LogP contribution is -2.00. The number of nitrogens with zero attached hydrogens (tertiary/aromatic N) is 1. The Kier molecular flexibility index (Phi) is 3.81. The van der Waals surface area contributed by atoms with Crippen molar-refractivity contribution in [1.29, 1.82) is 0 Å². The first kappa shape index (κ1) is 12.8. The summed E-state index contributed by atoms with van der Waals surface area (Å²) in [5, 5.41) is 10.9. The van der Waals surface area contributed by atoms with Gasteiger partial charge in [0.1, 0.15) is 5.76 Å². The summed E-state index contributed by atoms with van der Waals surface area (Å²) in [5.74, 6) is 0.813. The van der Waals surface area contributed by atoms with Gasteiger partial charge in [-0.2, -0.15) is 0 Å². The molecule has 0 spiro atoms. The Labute approximate surface area is 113 Å². The molecule has 0 saturated heterocycles. The lowest BCUT2D eigenvalue weighted by Gasteiger charge is -2.08. The highest BCUT2D eigenvalue weighted by Crippen LogP contribution is 2.32. The fourth-order valence-corrected chi connectivity index (χ4v) is 2.67. The fraction of sp³-hybridized carbons (Fsp3) is 0.231. The zero-order valence-corrected chi connectivity index (χ0v) is 11.4. The summed E-state index contributed by atoms with van der Waals surface area (Å²) in [4.78, 5) is 10.5. The van der Waals surface area contributed by atoms with Crippen molar-refractivity contribution < 1.29 is 9.34 Å². The van der Waals surface area contributed by atoms with E-state index < -0.39 is 0 Å². The third-order valence-electron chi connectivity index (χ3n) is 2.77. The molecular weight excluding hydrogens is 298 g/mol. The van der Waals surface area contributed by atoms with Gasteiger partial charge in [0.25, 0.3) is 5.69 Å². The lowest BCUT2D eigenvalue weighted by molar-refractivity contribution is -0.385. The van der Waals surface area contributed by atoms with Crippen LogP contribution in [0.15, 0.2) is 41.0 Å². The van der Waals surface area contributed by atoms with E-state index in [1.807, 2.05) is 13.0 Å². The molecule has 0 fully saturated rings. The minimum Gasteiger partial charge on any atom is -0.468 e. The normalized spacial score (nSPS) is 12.3. The second kappa shape index (κ2) is 5.35. The van der Waals surface area contributed by atoms with Crippen LogP contribution >= 0.6 is 15.9 Å². The number of halogens is 1. The maximum absolute atomic E-state index is 10.9. The molecule has 18 heavy (non-hydrogen) atoms. The smallest absolute Gasteiger partial charge is 0.272 e. The number of hydrogen-bond donors (Lipinski definition) is 0. The van der Waals surface area contributed by atoms with Crippen LogP contribution in [-0.2, 0) is 6.42 Å². The molecule has 1 aromatic carbocycles. The van der Waals surface area contributed by atoms with Gasteiger partial charge >= 0.3 is 0 Å². The Morgan fingerprint density at radius 1 is 1.39 bits per heavy atom. The number of furan rings is 1. The van der Waals surface area contributed by atoms with Gasteiger partial charge in [-0.05, 0) is 25.0 Å². The molecule has 0 N–H and O–H groups in total. The first-order valence-corrected chi connectivity index (χ1v) is 6.41. The van der Waals surface area contributed by atoms with Crippen LogP contribution in [-0.4, -0.2) is 4.92 Å². The SMILES string of the molecule is Cc1ccoc1C(Br)Cc1ccccc1[N+](=O)[O-]. The molecule has 0 bridgehead atoms. The third kappa shape index (κ3) is 2.61. The average molecular weight is 310 g/mol. The molecule has 1 aromatic heterocycles. The monoisotopic (exact) mass is 309 g/mol. The van der Waals surface area contributed by atoms with E-state index in [4.69, 9.17) is 4.42 Å². The van der Waals surface area contributed by atoms with Crippen LogP contribution in [0.2, 0.25) is 0 Å². The van der Waals surface area contributed by atoms with Crippen LogP contribution in [0.5, 0.6) is 0 Å². The molecule has 4 nitrogen and oxygen atoms in total. The molecule has 0 radical (unpaired) electrons. The summed E-state index contributed by atoms with van der Waals surface area (Å²) in [6.07, 6.45) is 2.14. The van der Waals surface area contributed by atoms with E-state index in [9.17, 15) is 10.1 Å². The summed E-state index contributed by atoms with van der Waals surface area (Å²) in [6, 6.07) is 8.64. The van der Waals surface area contributed by atoms with Gasteiger partial charge in [0.2, 0.25) is 0 Å². The first-order valence-electron chi connectivity index (χ1n) is 5.50. The number of rotatable bonds is 4. The van der Waals surface area contributed by atoms with Crippen molar-refractivity contribution in [3.05, 3.63) is 63.6 Å². The van der Waals surface area contributed by atoms with Crippen molar-refractivity contribution in [3.63, 3.8) is 0 Å². The molecule has 5 heteroatoms. The Bertz CT molecular complexity index is 565. The number of benzene rings is 1. The van der Waals surface area contributed by atoms with E-state index >= 15 is 0 Å². The van der Waals surface area contributed by atoms with Gasteiger partial charge in [0, 0.05) is 11.6 Å². The predicted molar refractivity (Wildman–Crippen MR) is 71.9 cm³/mol. The first-order chi connectivity index (χ1) is 8.59.